The minimum absolute atomic E-state index is 0.332. The Bertz CT molecular complexity index is 440. The highest BCUT2D eigenvalue weighted by atomic mass is 32.1. The highest BCUT2D eigenvalue weighted by Crippen LogP contribution is 2.25. The molecule has 0 saturated carbocycles. The van der Waals surface area contributed by atoms with Crippen molar-refractivity contribution in [3.8, 4) is 5.75 Å². The molecular weight excluding hydrogens is 208 g/mol. The Balaban J connectivity index is 2.20. The number of rotatable bonds is 3. The van der Waals surface area contributed by atoms with E-state index in [1.54, 1.807) is 12.3 Å². The van der Waals surface area contributed by atoms with Crippen molar-refractivity contribution in [2.75, 3.05) is 5.32 Å². The second kappa shape index (κ2) is 4.31. The molecule has 0 spiro atoms. The van der Waals surface area contributed by atoms with Gasteiger partial charge in [0.1, 0.15) is 5.75 Å². The summed E-state index contributed by atoms with van der Waals surface area (Å²) in [6.07, 6.45) is 2.58. The smallest absolute Gasteiger partial charge is 0.187 e. The van der Waals surface area contributed by atoms with Crippen molar-refractivity contribution < 1.29 is 5.11 Å². The summed E-state index contributed by atoms with van der Waals surface area (Å²) >= 11 is 1.53. The largest absolute Gasteiger partial charge is 0.508 e. The lowest BCUT2D eigenvalue weighted by atomic mass is 10.1. The number of nitrogens with one attached hydrogen (secondary N) is 1. The van der Waals surface area contributed by atoms with Crippen molar-refractivity contribution in [1.82, 2.24) is 4.98 Å². The van der Waals surface area contributed by atoms with Gasteiger partial charge in [-0.2, -0.15) is 0 Å². The number of aromatic nitrogens is 1. The maximum absolute atomic E-state index is 9.66. The van der Waals surface area contributed by atoms with Crippen molar-refractivity contribution in [2.24, 2.45) is 0 Å². The van der Waals surface area contributed by atoms with E-state index in [2.05, 4.69) is 10.3 Å². The Morgan fingerprint density at radius 2 is 2.33 bits per heavy atom. The van der Waals surface area contributed by atoms with Gasteiger partial charge >= 0.3 is 0 Å². The second-order valence-corrected chi connectivity index (χ2v) is 4.05. The summed E-state index contributed by atoms with van der Waals surface area (Å²) in [4.78, 5) is 4.11. The number of nitrogens with zero attached hydrogens (tertiary/aromatic N) is 1. The fourth-order valence-corrected chi connectivity index (χ4v) is 1.90. The maximum Gasteiger partial charge on any atom is 0.187 e. The molecule has 2 N–H and O–H groups in total. The molecule has 78 valence electrons. The third kappa shape index (κ3) is 2.27. The van der Waals surface area contributed by atoms with E-state index in [0.717, 1.165) is 22.8 Å². The van der Waals surface area contributed by atoms with Gasteiger partial charge in [-0.15, -0.1) is 11.3 Å². The standard InChI is InChI=1S/C11H12N2OS/c1-2-8-3-4-9(7-10(8)14)13-11-12-5-6-15-11/h3-7,14H,2H2,1H3,(H,12,13). The van der Waals surface area contributed by atoms with Crippen LogP contribution in [0.4, 0.5) is 10.8 Å². The highest BCUT2D eigenvalue weighted by molar-refractivity contribution is 7.13. The maximum atomic E-state index is 9.66. The van der Waals surface area contributed by atoms with Gasteiger partial charge in [-0.3, -0.25) is 0 Å². The van der Waals surface area contributed by atoms with Crippen LogP contribution in [0, 0.1) is 0 Å². The monoisotopic (exact) mass is 220 g/mol. The first-order valence-electron chi connectivity index (χ1n) is 4.78. The van der Waals surface area contributed by atoms with Crippen LogP contribution in [0.2, 0.25) is 0 Å². The van der Waals surface area contributed by atoms with E-state index in [9.17, 15) is 5.11 Å². The molecule has 15 heavy (non-hydrogen) atoms. The molecule has 0 aliphatic heterocycles. The molecule has 3 nitrogen and oxygen atoms in total. The van der Waals surface area contributed by atoms with Crippen LogP contribution >= 0.6 is 11.3 Å². The van der Waals surface area contributed by atoms with E-state index < -0.39 is 0 Å². The average Bonchev–Trinajstić information content (AvgIpc) is 2.71. The van der Waals surface area contributed by atoms with Crippen molar-refractivity contribution >= 4 is 22.2 Å². The number of phenols is 1. The van der Waals surface area contributed by atoms with E-state index in [-0.39, 0.29) is 0 Å². The molecule has 0 radical (unpaired) electrons. The van der Waals surface area contributed by atoms with Gasteiger partial charge in [0.2, 0.25) is 0 Å². The molecule has 0 saturated heterocycles. The lowest BCUT2D eigenvalue weighted by molar-refractivity contribution is 0.469. The van der Waals surface area contributed by atoms with E-state index in [4.69, 9.17) is 0 Å². The quantitative estimate of drug-likeness (QED) is 0.835. The SMILES string of the molecule is CCc1ccc(Nc2nccs2)cc1O. The van der Waals surface area contributed by atoms with Crippen molar-refractivity contribution in [3.05, 3.63) is 35.3 Å². The molecule has 2 rings (SSSR count). The highest BCUT2D eigenvalue weighted by Gasteiger charge is 2.01. The number of anilines is 2. The van der Waals surface area contributed by atoms with E-state index in [0.29, 0.717) is 5.75 Å². The van der Waals surface area contributed by atoms with Gasteiger partial charge < -0.3 is 10.4 Å². The van der Waals surface area contributed by atoms with Gasteiger partial charge in [0.25, 0.3) is 0 Å². The first kappa shape index (κ1) is 9.98. The van der Waals surface area contributed by atoms with Gasteiger partial charge in [-0.1, -0.05) is 13.0 Å². The first-order chi connectivity index (χ1) is 7.29. The number of hydrogen-bond acceptors (Lipinski definition) is 4. The lowest BCUT2D eigenvalue weighted by Gasteiger charge is -2.06. The number of aromatic hydroxyl groups is 1. The molecule has 4 heteroatoms. The molecule has 1 heterocycles. The first-order valence-corrected chi connectivity index (χ1v) is 5.66. The lowest BCUT2D eigenvalue weighted by Crippen LogP contribution is -1.90. The zero-order chi connectivity index (χ0) is 10.7. The fraction of sp³-hybridized carbons (Fsp3) is 0.182. The van der Waals surface area contributed by atoms with Crippen LogP contribution in [0.25, 0.3) is 0 Å². The van der Waals surface area contributed by atoms with Crippen LogP contribution < -0.4 is 5.32 Å². The van der Waals surface area contributed by atoms with Crippen LogP contribution in [-0.2, 0) is 6.42 Å². The van der Waals surface area contributed by atoms with E-state index >= 15 is 0 Å². The van der Waals surface area contributed by atoms with Gasteiger partial charge in [0, 0.05) is 23.3 Å². The van der Waals surface area contributed by atoms with E-state index in [1.807, 2.05) is 24.4 Å². The third-order valence-corrected chi connectivity index (χ3v) is 2.84. The molecular formula is C11H12N2OS. The number of benzene rings is 1. The Labute approximate surface area is 92.4 Å². The van der Waals surface area contributed by atoms with Crippen LogP contribution in [0.1, 0.15) is 12.5 Å². The van der Waals surface area contributed by atoms with E-state index in [1.165, 1.54) is 11.3 Å². The number of hydrogen-bond donors (Lipinski definition) is 2. The van der Waals surface area contributed by atoms with Gasteiger partial charge in [0.15, 0.2) is 5.13 Å². The summed E-state index contributed by atoms with van der Waals surface area (Å²) in [6.45, 7) is 2.02. The van der Waals surface area contributed by atoms with Crippen molar-refractivity contribution in [3.63, 3.8) is 0 Å². The van der Waals surface area contributed by atoms with Crippen molar-refractivity contribution in [1.29, 1.82) is 0 Å². The van der Waals surface area contributed by atoms with Crippen LogP contribution in [0.5, 0.6) is 5.75 Å². The summed E-state index contributed by atoms with van der Waals surface area (Å²) in [6, 6.07) is 5.59. The Kier molecular flexibility index (Phi) is 2.87. The molecule has 0 fully saturated rings. The summed E-state index contributed by atoms with van der Waals surface area (Å²) in [5.74, 6) is 0.332. The van der Waals surface area contributed by atoms with Gasteiger partial charge in [0.05, 0.1) is 0 Å². The molecule has 0 unspecified atom stereocenters. The molecule has 0 amide bonds. The average molecular weight is 220 g/mol. The Hall–Kier alpha value is -1.55. The van der Waals surface area contributed by atoms with Crippen LogP contribution in [0.15, 0.2) is 29.8 Å². The zero-order valence-electron chi connectivity index (χ0n) is 8.40. The minimum Gasteiger partial charge on any atom is -0.508 e. The molecule has 0 aliphatic rings. The molecule has 0 atom stereocenters. The van der Waals surface area contributed by atoms with Gasteiger partial charge in [-0.25, -0.2) is 4.98 Å². The minimum atomic E-state index is 0.332. The zero-order valence-corrected chi connectivity index (χ0v) is 9.21. The normalized spacial score (nSPS) is 10.2. The third-order valence-electron chi connectivity index (χ3n) is 2.15. The second-order valence-electron chi connectivity index (χ2n) is 3.16. The topological polar surface area (TPSA) is 45.2 Å². The summed E-state index contributed by atoms with van der Waals surface area (Å²) < 4.78 is 0. The Morgan fingerprint density at radius 3 is 2.93 bits per heavy atom. The molecule has 1 aromatic carbocycles. The fourth-order valence-electron chi connectivity index (χ4n) is 1.35. The summed E-state index contributed by atoms with van der Waals surface area (Å²) in [7, 11) is 0. The number of thiazole rings is 1. The van der Waals surface area contributed by atoms with Crippen molar-refractivity contribution in [2.45, 2.75) is 13.3 Å². The summed E-state index contributed by atoms with van der Waals surface area (Å²) in [5.41, 5.74) is 1.82. The predicted octanol–water partition coefficient (Wildman–Crippen LogP) is 3.15. The summed E-state index contributed by atoms with van der Waals surface area (Å²) in [5, 5.41) is 15.5. The number of phenolic OH excluding ortho intramolecular Hbond substituents is 1. The molecule has 2 aromatic rings. The number of aryl methyl sites for hydroxylation is 1. The molecule has 1 aromatic heterocycles. The molecule has 0 aliphatic carbocycles. The van der Waals surface area contributed by atoms with Crippen LogP contribution in [-0.4, -0.2) is 10.1 Å². The molecule has 0 bridgehead atoms. The Morgan fingerprint density at radius 1 is 1.47 bits per heavy atom. The van der Waals surface area contributed by atoms with Gasteiger partial charge in [-0.05, 0) is 18.1 Å². The van der Waals surface area contributed by atoms with Crippen LogP contribution in [0.3, 0.4) is 0 Å². The predicted molar refractivity (Wildman–Crippen MR) is 62.9 cm³/mol.